The highest BCUT2D eigenvalue weighted by molar-refractivity contribution is 5.94. The minimum absolute atomic E-state index is 0.0302. The number of ether oxygens (including phenoxy) is 1. The fourth-order valence-electron chi connectivity index (χ4n) is 4.63. The Hall–Kier alpha value is -2.60. The summed E-state index contributed by atoms with van der Waals surface area (Å²) in [5.41, 5.74) is -2.34. The lowest BCUT2D eigenvalue weighted by Crippen LogP contribution is -2.41. The van der Waals surface area contributed by atoms with Crippen molar-refractivity contribution in [2.24, 2.45) is 13.0 Å². The topological polar surface area (TPSA) is 76.4 Å². The smallest absolute Gasteiger partial charge is 0.390 e. The van der Waals surface area contributed by atoms with Gasteiger partial charge in [0.1, 0.15) is 0 Å². The van der Waals surface area contributed by atoms with Crippen molar-refractivity contribution in [1.29, 1.82) is 0 Å². The summed E-state index contributed by atoms with van der Waals surface area (Å²) in [7, 11) is 1.30. The second kappa shape index (κ2) is 7.48. The van der Waals surface area contributed by atoms with Crippen LogP contribution < -0.4 is 5.32 Å². The first kappa shape index (κ1) is 22.6. The summed E-state index contributed by atoms with van der Waals surface area (Å²) < 4.78 is 86.6. The maximum absolute atomic E-state index is 13.5. The van der Waals surface area contributed by atoms with Crippen LogP contribution in [0.2, 0.25) is 0 Å². The molecule has 1 aromatic carbocycles. The van der Waals surface area contributed by atoms with E-state index in [-0.39, 0.29) is 23.2 Å². The Morgan fingerprint density at radius 2 is 1.88 bits per heavy atom. The number of halogens is 6. The summed E-state index contributed by atoms with van der Waals surface area (Å²) in [6.45, 7) is 1.43. The molecule has 0 radical (unpaired) electrons. The number of nitrogens with zero attached hydrogens (tertiary/aromatic N) is 2. The first-order chi connectivity index (χ1) is 14.8. The maximum Gasteiger partial charge on any atom is 0.435 e. The van der Waals surface area contributed by atoms with Gasteiger partial charge in [0, 0.05) is 36.8 Å². The number of aryl methyl sites for hydroxylation is 2. The number of benzene rings is 1. The molecule has 32 heavy (non-hydrogen) atoms. The molecule has 2 aromatic rings. The molecule has 0 aliphatic carbocycles. The molecule has 3 heterocycles. The van der Waals surface area contributed by atoms with Gasteiger partial charge in [0.15, 0.2) is 5.69 Å². The lowest BCUT2D eigenvalue weighted by molar-refractivity contribution is -0.143. The summed E-state index contributed by atoms with van der Waals surface area (Å²) in [5.74, 6) is -3.10. The Bertz CT molecular complexity index is 1050. The third kappa shape index (κ3) is 3.96. The number of hydrogen-bond donors (Lipinski definition) is 2. The lowest BCUT2D eigenvalue weighted by Gasteiger charge is -2.30. The van der Waals surface area contributed by atoms with Crippen molar-refractivity contribution in [3.63, 3.8) is 0 Å². The average Bonchev–Trinajstić information content (AvgIpc) is 3.31. The molecule has 2 fully saturated rings. The van der Waals surface area contributed by atoms with Crippen molar-refractivity contribution < 1.29 is 41.0 Å². The number of aromatic nitrogens is 2. The summed E-state index contributed by atoms with van der Waals surface area (Å²) in [5, 5.41) is 16.1. The maximum atomic E-state index is 13.5. The number of nitrogens with one attached hydrogen (secondary N) is 1. The van der Waals surface area contributed by atoms with Crippen LogP contribution in [0.3, 0.4) is 0 Å². The van der Waals surface area contributed by atoms with Crippen molar-refractivity contribution in [3.8, 4) is 0 Å². The third-order valence-corrected chi connectivity index (χ3v) is 5.79. The molecular formula is C20H19F6N3O3. The molecule has 2 aliphatic rings. The first-order valence-electron chi connectivity index (χ1n) is 9.69. The summed E-state index contributed by atoms with van der Waals surface area (Å²) >= 11 is 0. The number of anilines is 1. The fourth-order valence-corrected chi connectivity index (χ4v) is 4.63. The monoisotopic (exact) mass is 463 g/mol. The van der Waals surface area contributed by atoms with Gasteiger partial charge in [-0.1, -0.05) is 0 Å². The number of hydrogen-bond acceptors (Lipinski definition) is 4. The molecule has 2 bridgehead atoms. The van der Waals surface area contributed by atoms with Gasteiger partial charge < -0.3 is 15.2 Å². The van der Waals surface area contributed by atoms with E-state index in [4.69, 9.17) is 4.74 Å². The Morgan fingerprint density at radius 1 is 1.19 bits per heavy atom. The van der Waals surface area contributed by atoms with Crippen LogP contribution in [-0.2, 0) is 28.9 Å². The van der Waals surface area contributed by atoms with Crippen molar-refractivity contribution in [1.82, 2.24) is 9.78 Å². The summed E-state index contributed by atoms with van der Waals surface area (Å²) in [4.78, 5) is 13.1. The normalized spacial score (nSPS) is 27.7. The number of rotatable bonds is 3. The predicted molar refractivity (Wildman–Crippen MR) is 98.5 cm³/mol. The Morgan fingerprint density at radius 3 is 2.50 bits per heavy atom. The zero-order chi connectivity index (χ0) is 23.6. The SMILES string of the molecule is Cc1cc(NC(=O)[C@@H]2[C@@H](c3cn(C)nc3C(F)(F)F)[C@H]3O[C@@H]2C[C@@H]3O)cc(C(F)(F)F)c1. The highest BCUT2D eigenvalue weighted by Gasteiger charge is 2.59. The summed E-state index contributed by atoms with van der Waals surface area (Å²) in [6, 6.07) is 3.00. The number of fused-ring (bicyclic) bond motifs is 2. The molecule has 5 atom stereocenters. The van der Waals surface area contributed by atoms with Crippen LogP contribution >= 0.6 is 0 Å². The van der Waals surface area contributed by atoms with E-state index in [9.17, 15) is 36.2 Å². The zero-order valence-electron chi connectivity index (χ0n) is 16.8. The number of aliphatic hydroxyl groups excluding tert-OH is 1. The number of carbonyl (C=O) groups is 1. The van der Waals surface area contributed by atoms with E-state index in [1.54, 1.807) is 0 Å². The minimum atomic E-state index is -4.80. The molecule has 174 valence electrons. The Labute approximate surface area is 178 Å². The Kier molecular flexibility index (Phi) is 5.28. The van der Waals surface area contributed by atoms with Crippen LogP contribution in [0.4, 0.5) is 32.0 Å². The van der Waals surface area contributed by atoms with Crippen LogP contribution in [0.25, 0.3) is 0 Å². The minimum Gasteiger partial charge on any atom is -0.390 e. The summed E-state index contributed by atoms with van der Waals surface area (Å²) in [6.07, 6.45) is -11.3. The van der Waals surface area contributed by atoms with Crippen molar-refractivity contribution in [2.45, 2.75) is 49.9 Å². The van der Waals surface area contributed by atoms with E-state index in [1.165, 1.54) is 20.0 Å². The molecular weight excluding hydrogens is 444 g/mol. The first-order valence-corrected chi connectivity index (χ1v) is 9.69. The van der Waals surface area contributed by atoms with E-state index >= 15 is 0 Å². The van der Waals surface area contributed by atoms with Crippen LogP contribution in [0.5, 0.6) is 0 Å². The third-order valence-electron chi connectivity index (χ3n) is 5.79. The second-order valence-electron chi connectivity index (χ2n) is 8.17. The van der Waals surface area contributed by atoms with Gasteiger partial charge in [-0.2, -0.15) is 31.4 Å². The van der Waals surface area contributed by atoms with Crippen LogP contribution in [0, 0.1) is 12.8 Å². The molecule has 2 saturated heterocycles. The molecule has 0 spiro atoms. The van der Waals surface area contributed by atoms with Gasteiger partial charge in [-0.3, -0.25) is 9.48 Å². The van der Waals surface area contributed by atoms with E-state index < -0.39 is 59.7 Å². The van der Waals surface area contributed by atoms with E-state index in [0.717, 1.165) is 23.0 Å². The van der Waals surface area contributed by atoms with Gasteiger partial charge in [-0.05, 0) is 30.7 Å². The number of alkyl halides is 6. The van der Waals surface area contributed by atoms with Crippen molar-refractivity contribution >= 4 is 11.6 Å². The molecule has 0 saturated carbocycles. The quantitative estimate of drug-likeness (QED) is 0.682. The zero-order valence-corrected chi connectivity index (χ0v) is 16.8. The molecule has 1 aromatic heterocycles. The molecule has 2 aliphatic heterocycles. The van der Waals surface area contributed by atoms with E-state index in [0.29, 0.717) is 0 Å². The Balaban J connectivity index is 1.69. The predicted octanol–water partition coefficient (Wildman–Crippen LogP) is 3.64. The second-order valence-corrected chi connectivity index (χ2v) is 8.17. The van der Waals surface area contributed by atoms with Crippen LogP contribution in [-0.4, -0.2) is 39.1 Å². The number of carbonyl (C=O) groups excluding carboxylic acids is 1. The van der Waals surface area contributed by atoms with Gasteiger partial charge in [-0.25, -0.2) is 0 Å². The van der Waals surface area contributed by atoms with Crippen LogP contribution in [0.15, 0.2) is 24.4 Å². The molecule has 12 heteroatoms. The number of aliphatic hydroxyl groups is 1. The van der Waals surface area contributed by atoms with Gasteiger partial charge >= 0.3 is 12.4 Å². The molecule has 1 amide bonds. The highest BCUT2D eigenvalue weighted by Crippen LogP contribution is 2.51. The molecule has 6 nitrogen and oxygen atoms in total. The largest absolute Gasteiger partial charge is 0.435 e. The lowest BCUT2D eigenvalue weighted by atomic mass is 9.73. The van der Waals surface area contributed by atoms with E-state index in [2.05, 4.69) is 10.4 Å². The standard InChI is InChI=1S/C20H19F6N3O3/c1-8-3-9(19(21,22)23)5-10(4-8)27-18(31)15-13-6-12(30)16(32-13)14(15)11-7-29(2)28-17(11)20(24,25)26/h3-5,7,12-16,30H,6H2,1-2H3,(H,27,31)/t12-,13+,14+,15-,16-/m0/s1. The van der Waals surface area contributed by atoms with Crippen molar-refractivity contribution in [3.05, 3.63) is 46.8 Å². The van der Waals surface area contributed by atoms with Gasteiger partial charge in [0.25, 0.3) is 0 Å². The van der Waals surface area contributed by atoms with Crippen molar-refractivity contribution in [2.75, 3.05) is 5.32 Å². The average molecular weight is 463 g/mol. The molecule has 2 N–H and O–H groups in total. The van der Waals surface area contributed by atoms with E-state index in [1.807, 2.05) is 0 Å². The van der Waals surface area contributed by atoms with Gasteiger partial charge in [0.2, 0.25) is 5.91 Å². The fraction of sp³-hybridized carbons (Fsp3) is 0.500. The molecule has 0 unspecified atom stereocenters. The van der Waals surface area contributed by atoms with Gasteiger partial charge in [0.05, 0.1) is 29.8 Å². The number of amides is 1. The molecule has 4 rings (SSSR count). The van der Waals surface area contributed by atoms with Crippen LogP contribution in [0.1, 0.15) is 34.7 Å². The van der Waals surface area contributed by atoms with Gasteiger partial charge in [-0.15, -0.1) is 0 Å². The highest BCUT2D eigenvalue weighted by atomic mass is 19.4.